The van der Waals surface area contributed by atoms with Crippen LogP contribution in [0.3, 0.4) is 0 Å². The van der Waals surface area contributed by atoms with Crippen LogP contribution in [0.25, 0.3) is 22.4 Å². The number of aryl methyl sites for hydroxylation is 2. The Morgan fingerprint density at radius 1 is 1.00 bits per heavy atom. The molecule has 0 aliphatic heterocycles. The van der Waals surface area contributed by atoms with E-state index in [2.05, 4.69) is 15.5 Å². The lowest BCUT2D eigenvalue weighted by atomic mass is 10.0. The number of aromatic nitrogens is 2. The predicted molar refractivity (Wildman–Crippen MR) is 131 cm³/mol. The molecule has 0 radical (unpaired) electrons. The molecule has 0 saturated carbocycles. The second-order valence-electron chi connectivity index (χ2n) is 8.59. The first-order valence-corrected chi connectivity index (χ1v) is 11.2. The van der Waals surface area contributed by atoms with Crippen LogP contribution in [0.1, 0.15) is 45.8 Å². The number of carbonyl (C=O) groups is 3. The molecule has 8 nitrogen and oxygen atoms in total. The number of nitrogens with zero attached hydrogens (tertiary/aromatic N) is 2. The zero-order valence-corrected chi connectivity index (χ0v) is 19.9. The van der Waals surface area contributed by atoms with E-state index in [1.807, 2.05) is 31.2 Å². The molecule has 8 heteroatoms. The molecule has 0 unspecified atom stereocenters. The highest BCUT2D eigenvalue weighted by atomic mass is 16.5. The van der Waals surface area contributed by atoms with Gasteiger partial charge in [0.05, 0.1) is 22.3 Å². The number of benzene rings is 2. The minimum atomic E-state index is -0.675. The van der Waals surface area contributed by atoms with E-state index in [0.29, 0.717) is 28.0 Å². The molecule has 0 saturated heterocycles. The average molecular weight is 472 g/mol. The molecule has 35 heavy (non-hydrogen) atoms. The van der Waals surface area contributed by atoms with Gasteiger partial charge in [0.2, 0.25) is 5.91 Å². The molecule has 0 aliphatic rings. The number of ether oxygens (including phenoxy) is 1. The van der Waals surface area contributed by atoms with E-state index in [1.165, 1.54) is 0 Å². The summed E-state index contributed by atoms with van der Waals surface area (Å²) in [4.78, 5) is 41.9. The summed E-state index contributed by atoms with van der Waals surface area (Å²) < 4.78 is 10.7. The fraction of sp³-hybridized carbons (Fsp3) is 0.222. The molecule has 4 aromatic rings. The predicted octanol–water partition coefficient (Wildman–Crippen LogP) is 5.14. The van der Waals surface area contributed by atoms with Crippen molar-refractivity contribution in [3.05, 3.63) is 77.0 Å². The van der Waals surface area contributed by atoms with E-state index in [1.54, 1.807) is 51.1 Å². The summed E-state index contributed by atoms with van der Waals surface area (Å²) in [6.07, 6.45) is 0. The minimum absolute atomic E-state index is 0.115. The van der Waals surface area contributed by atoms with Crippen LogP contribution in [0.15, 0.2) is 59.1 Å². The second kappa shape index (κ2) is 9.89. The first-order valence-electron chi connectivity index (χ1n) is 11.2. The standard InChI is InChI=1S/C27H25N3O5/c1-15(2)25(32)28-20-11-9-19(10-12-20)23(31)14-34-27(33)21-13-22(18-7-5-16(3)6-8-18)29-26-24(21)17(4)30-35-26/h5-13,15H,14H2,1-4H3,(H,28,32). The SMILES string of the molecule is Cc1ccc(-c2cc(C(=O)OCC(=O)c3ccc(NC(=O)C(C)C)cc3)c3c(C)noc3n2)cc1. The minimum Gasteiger partial charge on any atom is -0.454 e. The normalized spacial score (nSPS) is 11.0. The Morgan fingerprint density at radius 2 is 1.69 bits per heavy atom. The molecule has 0 fully saturated rings. The van der Waals surface area contributed by atoms with Crippen LogP contribution in [0.4, 0.5) is 5.69 Å². The van der Waals surface area contributed by atoms with Gasteiger partial charge in [-0.25, -0.2) is 9.78 Å². The number of ketones is 1. The van der Waals surface area contributed by atoms with Crippen LogP contribution < -0.4 is 5.32 Å². The van der Waals surface area contributed by atoms with Crippen molar-refractivity contribution in [3.63, 3.8) is 0 Å². The lowest BCUT2D eigenvalue weighted by Crippen LogP contribution is -2.18. The van der Waals surface area contributed by atoms with Gasteiger partial charge in [-0.1, -0.05) is 48.8 Å². The molecule has 4 rings (SSSR count). The third-order valence-electron chi connectivity index (χ3n) is 5.52. The first-order chi connectivity index (χ1) is 16.7. The van der Waals surface area contributed by atoms with Crippen LogP contribution in [0.2, 0.25) is 0 Å². The number of pyridine rings is 1. The molecular formula is C27H25N3O5. The molecular weight excluding hydrogens is 446 g/mol. The highest BCUT2D eigenvalue weighted by Crippen LogP contribution is 2.28. The number of anilines is 1. The van der Waals surface area contributed by atoms with Crippen molar-refractivity contribution in [2.45, 2.75) is 27.7 Å². The van der Waals surface area contributed by atoms with Crippen molar-refractivity contribution in [3.8, 4) is 11.3 Å². The molecule has 0 atom stereocenters. The smallest absolute Gasteiger partial charge is 0.339 e. The summed E-state index contributed by atoms with van der Waals surface area (Å²) >= 11 is 0. The lowest BCUT2D eigenvalue weighted by molar-refractivity contribution is -0.118. The molecule has 178 valence electrons. The summed E-state index contributed by atoms with van der Waals surface area (Å²) in [5, 5.41) is 7.14. The van der Waals surface area contributed by atoms with Gasteiger partial charge in [-0.15, -0.1) is 0 Å². The number of amides is 1. The molecule has 2 heterocycles. The van der Waals surface area contributed by atoms with Crippen LogP contribution in [0, 0.1) is 19.8 Å². The van der Waals surface area contributed by atoms with E-state index in [4.69, 9.17) is 9.26 Å². The fourth-order valence-electron chi connectivity index (χ4n) is 3.45. The van der Waals surface area contributed by atoms with E-state index in [-0.39, 0.29) is 28.9 Å². The Bertz CT molecular complexity index is 1400. The maximum Gasteiger partial charge on any atom is 0.339 e. The zero-order chi connectivity index (χ0) is 25.1. The van der Waals surface area contributed by atoms with Gasteiger partial charge in [-0.05, 0) is 44.2 Å². The monoisotopic (exact) mass is 471 g/mol. The Balaban J connectivity index is 1.51. The van der Waals surface area contributed by atoms with E-state index in [0.717, 1.165) is 11.1 Å². The Kier molecular flexibility index (Phi) is 6.73. The highest BCUT2D eigenvalue weighted by Gasteiger charge is 2.21. The lowest BCUT2D eigenvalue weighted by Gasteiger charge is -2.09. The van der Waals surface area contributed by atoms with E-state index < -0.39 is 12.6 Å². The topological polar surface area (TPSA) is 111 Å². The van der Waals surface area contributed by atoms with Crippen molar-refractivity contribution in [1.29, 1.82) is 0 Å². The van der Waals surface area contributed by atoms with Gasteiger partial charge >= 0.3 is 5.97 Å². The van der Waals surface area contributed by atoms with Gasteiger partial charge in [-0.2, -0.15) is 0 Å². The number of carbonyl (C=O) groups excluding carboxylic acids is 3. The van der Waals surface area contributed by atoms with Crippen molar-refractivity contribution < 1.29 is 23.6 Å². The molecule has 1 N–H and O–H groups in total. The third kappa shape index (κ3) is 5.27. The summed E-state index contributed by atoms with van der Waals surface area (Å²) in [5.41, 5.74) is 4.33. The Labute approximate surface area is 202 Å². The average Bonchev–Trinajstić information content (AvgIpc) is 3.23. The van der Waals surface area contributed by atoms with Crippen LogP contribution in [0.5, 0.6) is 0 Å². The van der Waals surface area contributed by atoms with Crippen molar-refractivity contribution in [1.82, 2.24) is 10.1 Å². The molecule has 0 spiro atoms. The van der Waals surface area contributed by atoms with Crippen molar-refractivity contribution >= 4 is 34.4 Å². The van der Waals surface area contributed by atoms with Crippen LogP contribution in [-0.2, 0) is 9.53 Å². The van der Waals surface area contributed by atoms with Crippen LogP contribution >= 0.6 is 0 Å². The van der Waals surface area contributed by atoms with Crippen molar-refractivity contribution in [2.24, 2.45) is 5.92 Å². The number of hydrogen-bond acceptors (Lipinski definition) is 7. The largest absolute Gasteiger partial charge is 0.454 e. The van der Waals surface area contributed by atoms with Gasteiger partial charge in [0.15, 0.2) is 12.4 Å². The molecule has 2 aromatic heterocycles. The molecule has 0 aliphatic carbocycles. The van der Waals surface area contributed by atoms with Crippen LogP contribution in [-0.4, -0.2) is 34.4 Å². The summed E-state index contributed by atoms with van der Waals surface area (Å²) in [6.45, 7) is 6.84. The van der Waals surface area contributed by atoms with Crippen molar-refractivity contribution in [2.75, 3.05) is 11.9 Å². The maximum absolute atomic E-state index is 13.0. The highest BCUT2D eigenvalue weighted by molar-refractivity contribution is 6.06. The summed E-state index contributed by atoms with van der Waals surface area (Å²) in [6, 6.07) is 15.7. The number of Topliss-reactive ketones (excluding diaryl/α,β-unsaturated/α-hetero) is 1. The van der Waals surface area contributed by atoms with Gasteiger partial charge < -0.3 is 14.6 Å². The molecule has 0 bridgehead atoms. The number of nitrogens with one attached hydrogen (secondary N) is 1. The molecule has 1 amide bonds. The first kappa shape index (κ1) is 23.8. The van der Waals surface area contributed by atoms with Gasteiger partial charge in [0.25, 0.3) is 5.71 Å². The number of esters is 1. The number of fused-ring (bicyclic) bond motifs is 1. The second-order valence-corrected chi connectivity index (χ2v) is 8.59. The number of hydrogen-bond donors (Lipinski definition) is 1. The van der Waals surface area contributed by atoms with E-state index in [9.17, 15) is 14.4 Å². The zero-order valence-electron chi connectivity index (χ0n) is 19.9. The summed E-state index contributed by atoms with van der Waals surface area (Å²) in [5.74, 6) is -1.32. The Morgan fingerprint density at radius 3 is 2.34 bits per heavy atom. The summed E-state index contributed by atoms with van der Waals surface area (Å²) in [7, 11) is 0. The van der Waals surface area contributed by atoms with Gasteiger partial charge in [0.1, 0.15) is 0 Å². The van der Waals surface area contributed by atoms with E-state index >= 15 is 0 Å². The number of rotatable bonds is 7. The van der Waals surface area contributed by atoms with Gasteiger partial charge in [-0.3, -0.25) is 9.59 Å². The maximum atomic E-state index is 13.0. The quantitative estimate of drug-likeness (QED) is 0.293. The fourth-order valence-corrected chi connectivity index (χ4v) is 3.45. The van der Waals surface area contributed by atoms with Gasteiger partial charge in [0, 0.05) is 22.7 Å². The third-order valence-corrected chi connectivity index (χ3v) is 5.52. The Hall–Kier alpha value is -4.33. The molecule has 2 aromatic carbocycles.